The molecular weight excluding hydrogens is 204 g/mol. The Bertz CT molecular complexity index is 379. The highest BCUT2D eigenvalue weighted by Gasteiger charge is 2.19. The van der Waals surface area contributed by atoms with Crippen molar-refractivity contribution in [3.05, 3.63) is 24.3 Å². The number of nitrogens with zero attached hydrogens (tertiary/aromatic N) is 1. The van der Waals surface area contributed by atoms with Crippen molar-refractivity contribution in [3.63, 3.8) is 0 Å². The standard InChI is InChI=1S/C9H8N2O2.ClH/c10-9(12)8-5-11-6-3-1-2-4-7(6)13-8;/h1-5,8H,(H2,10,12);1H. The minimum absolute atomic E-state index is 0. The fraction of sp³-hybridized carbons (Fsp3) is 0.111. The average Bonchev–Trinajstić information content (AvgIpc) is 2.17. The molecule has 1 amide bonds. The predicted molar refractivity (Wildman–Crippen MR) is 55.5 cm³/mol. The molecule has 4 nitrogen and oxygen atoms in total. The molecule has 0 saturated carbocycles. The van der Waals surface area contributed by atoms with Crippen LogP contribution < -0.4 is 10.5 Å². The van der Waals surface area contributed by atoms with Crippen molar-refractivity contribution in [3.8, 4) is 5.75 Å². The Labute approximate surface area is 87.2 Å². The molecule has 0 bridgehead atoms. The molecule has 1 aliphatic rings. The number of rotatable bonds is 1. The van der Waals surface area contributed by atoms with Crippen molar-refractivity contribution in [1.82, 2.24) is 0 Å². The van der Waals surface area contributed by atoms with Gasteiger partial charge in [-0.15, -0.1) is 12.4 Å². The molecule has 1 aliphatic heterocycles. The van der Waals surface area contributed by atoms with E-state index in [9.17, 15) is 4.79 Å². The van der Waals surface area contributed by atoms with Gasteiger partial charge in [-0.2, -0.15) is 0 Å². The van der Waals surface area contributed by atoms with Crippen LogP contribution in [0.5, 0.6) is 5.75 Å². The number of para-hydroxylation sites is 2. The fourth-order valence-electron chi connectivity index (χ4n) is 1.11. The van der Waals surface area contributed by atoms with Gasteiger partial charge in [0.2, 0.25) is 6.10 Å². The average molecular weight is 213 g/mol. The zero-order valence-electron chi connectivity index (χ0n) is 7.21. The summed E-state index contributed by atoms with van der Waals surface area (Å²) < 4.78 is 5.27. The second kappa shape index (κ2) is 4.11. The van der Waals surface area contributed by atoms with Gasteiger partial charge in [0.05, 0.1) is 6.21 Å². The smallest absolute Gasteiger partial charge is 0.264 e. The summed E-state index contributed by atoms with van der Waals surface area (Å²) in [6, 6.07) is 7.23. The molecule has 1 aromatic carbocycles. The van der Waals surface area contributed by atoms with Crippen LogP contribution in [-0.4, -0.2) is 18.2 Å². The van der Waals surface area contributed by atoms with Crippen LogP contribution in [0.3, 0.4) is 0 Å². The van der Waals surface area contributed by atoms with Crippen molar-refractivity contribution in [2.75, 3.05) is 0 Å². The highest BCUT2D eigenvalue weighted by Crippen LogP contribution is 2.29. The Balaban J connectivity index is 0.000000980. The summed E-state index contributed by atoms with van der Waals surface area (Å²) in [6.07, 6.45) is 0.667. The first-order valence-corrected chi connectivity index (χ1v) is 3.86. The molecule has 1 atom stereocenters. The third-order valence-electron chi connectivity index (χ3n) is 1.75. The number of amides is 1. The summed E-state index contributed by atoms with van der Waals surface area (Å²) in [6.45, 7) is 0. The van der Waals surface area contributed by atoms with Gasteiger partial charge in [0.1, 0.15) is 11.4 Å². The van der Waals surface area contributed by atoms with E-state index in [0.717, 1.165) is 5.69 Å². The minimum atomic E-state index is -0.741. The summed E-state index contributed by atoms with van der Waals surface area (Å²) in [5.74, 6) is 0.0621. The molecule has 14 heavy (non-hydrogen) atoms. The molecule has 0 fully saturated rings. The number of hydrogen-bond donors (Lipinski definition) is 1. The number of benzene rings is 1. The summed E-state index contributed by atoms with van der Waals surface area (Å²) in [7, 11) is 0. The second-order valence-corrected chi connectivity index (χ2v) is 2.69. The molecule has 74 valence electrons. The highest BCUT2D eigenvalue weighted by molar-refractivity contribution is 5.97. The molecule has 0 saturated heterocycles. The van der Waals surface area contributed by atoms with E-state index in [1.54, 1.807) is 6.07 Å². The summed E-state index contributed by atoms with van der Waals surface area (Å²) in [5, 5.41) is 0. The molecule has 1 unspecified atom stereocenters. The molecule has 2 N–H and O–H groups in total. The minimum Gasteiger partial charge on any atom is -0.473 e. The van der Waals surface area contributed by atoms with E-state index in [4.69, 9.17) is 10.5 Å². The maximum absolute atomic E-state index is 10.8. The van der Waals surface area contributed by atoms with E-state index in [1.807, 2.05) is 18.2 Å². The van der Waals surface area contributed by atoms with Crippen LogP contribution >= 0.6 is 12.4 Å². The normalized spacial score (nSPS) is 17.6. The van der Waals surface area contributed by atoms with Crippen LogP contribution in [0, 0.1) is 0 Å². The Morgan fingerprint density at radius 1 is 1.43 bits per heavy atom. The van der Waals surface area contributed by atoms with Crippen LogP contribution in [0.1, 0.15) is 0 Å². The molecule has 1 aromatic rings. The van der Waals surface area contributed by atoms with E-state index >= 15 is 0 Å². The van der Waals surface area contributed by atoms with Crippen LogP contribution in [0.25, 0.3) is 0 Å². The van der Waals surface area contributed by atoms with Gasteiger partial charge < -0.3 is 10.5 Å². The lowest BCUT2D eigenvalue weighted by Crippen LogP contribution is -2.36. The van der Waals surface area contributed by atoms with Crippen molar-refractivity contribution in [1.29, 1.82) is 0 Å². The van der Waals surface area contributed by atoms with Crippen molar-refractivity contribution >= 4 is 30.2 Å². The summed E-state index contributed by atoms with van der Waals surface area (Å²) in [4.78, 5) is 14.8. The number of ether oxygens (including phenoxy) is 1. The van der Waals surface area contributed by atoms with Gasteiger partial charge in [0.15, 0.2) is 0 Å². The highest BCUT2D eigenvalue weighted by atomic mass is 35.5. The third-order valence-corrected chi connectivity index (χ3v) is 1.75. The zero-order chi connectivity index (χ0) is 9.26. The van der Waals surface area contributed by atoms with E-state index in [2.05, 4.69) is 4.99 Å². The summed E-state index contributed by atoms with van der Waals surface area (Å²) in [5.41, 5.74) is 5.79. The number of primary amides is 1. The maximum Gasteiger partial charge on any atom is 0.264 e. The van der Waals surface area contributed by atoms with Gasteiger partial charge in [-0.25, -0.2) is 0 Å². The lowest BCUT2D eigenvalue weighted by molar-refractivity contribution is -0.121. The van der Waals surface area contributed by atoms with E-state index in [0.29, 0.717) is 5.75 Å². The number of carbonyl (C=O) groups is 1. The van der Waals surface area contributed by atoms with Gasteiger partial charge in [-0.1, -0.05) is 12.1 Å². The van der Waals surface area contributed by atoms with E-state index < -0.39 is 12.0 Å². The first-order valence-electron chi connectivity index (χ1n) is 3.86. The lowest BCUT2D eigenvalue weighted by Gasteiger charge is -2.17. The molecule has 2 rings (SSSR count). The van der Waals surface area contributed by atoms with Gasteiger partial charge in [-0.05, 0) is 12.1 Å². The Hall–Kier alpha value is -1.55. The quantitative estimate of drug-likeness (QED) is 0.757. The van der Waals surface area contributed by atoms with Crippen LogP contribution in [-0.2, 0) is 4.79 Å². The summed E-state index contributed by atoms with van der Waals surface area (Å²) >= 11 is 0. The fourth-order valence-corrected chi connectivity index (χ4v) is 1.11. The number of fused-ring (bicyclic) bond motifs is 1. The van der Waals surface area contributed by atoms with Gasteiger partial charge in [-0.3, -0.25) is 9.79 Å². The largest absolute Gasteiger partial charge is 0.473 e. The molecule has 0 spiro atoms. The van der Waals surface area contributed by atoms with Crippen molar-refractivity contribution in [2.45, 2.75) is 6.10 Å². The first kappa shape index (κ1) is 10.5. The van der Waals surface area contributed by atoms with E-state index in [-0.39, 0.29) is 12.4 Å². The van der Waals surface area contributed by atoms with Crippen LogP contribution in [0.4, 0.5) is 5.69 Å². The molecule has 0 radical (unpaired) electrons. The number of carbonyl (C=O) groups excluding carboxylic acids is 1. The van der Waals surface area contributed by atoms with Crippen LogP contribution in [0.15, 0.2) is 29.3 Å². The van der Waals surface area contributed by atoms with Gasteiger partial charge in [0, 0.05) is 0 Å². The van der Waals surface area contributed by atoms with Crippen LogP contribution in [0.2, 0.25) is 0 Å². The monoisotopic (exact) mass is 212 g/mol. The predicted octanol–water partition coefficient (Wildman–Crippen LogP) is 1.06. The maximum atomic E-state index is 10.8. The molecular formula is C9H9ClN2O2. The molecule has 5 heteroatoms. The topological polar surface area (TPSA) is 64.7 Å². The number of halogens is 1. The third kappa shape index (κ3) is 1.85. The number of hydrogen-bond acceptors (Lipinski definition) is 3. The molecule has 1 heterocycles. The van der Waals surface area contributed by atoms with Gasteiger partial charge in [0.25, 0.3) is 5.91 Å². The Kier molecular flexibility index (Phi) is 3.09. The molecule has 0 aromatic heterocycles. The SMILES string of the molecule is Cl.NC(=O)C1C=Nc2ccccc2O1. The Morgan fingerprint density at radius 3 is 2.86 bits per heavy atom. The zero-order valence-corrected chi connectivity index (χ0v) is 8.03. The first-order chi connectivity index (χ1) is 6.27. The van der Waals surface area contributed by atoms with Crippen molar-refractivity contribution in [2.24, 2.45) is 10.7 Å². The van der Waals surface area contributed by atoms with E-state index in [1.165, 1.54) is 6.21 Å². The molecule has 0 aliphatic carbocycles. The van der Waals surface area contributed by atoms with Crippen molar-refractivity contribution < 1.29 is 9.53 Å². The van der Waals surface area contributed by atoms with Gasteiger partial charge >= 0.3 is 0 Å². The second-order valence-electron chi connectivity index (χ2n) is 2.69. The number of aliphatic imine (C=N–C) groups is 1. The Morgan fingerprint density at radius 2 is 2.14 bits per heavy atom. The lowest BCUT2D eigenvalue weighted by atomic mass is 10.2. The number of nitrogens with two attached hydrogens (primary N) is 1.